The third-order valence-corrected chi connectivity index (χ3v) is 4.52. The number of pyridine rings is 1. The summed E-state index contributed by atoms with van der Waals surface area (Å²) in [6.45, 7) is 4.91. The summed E-state index contributed by atoms with van der Waals surface area (Å²) < 4.78 is 0. The molecular formula is C19H28ClN5. The number of nitrogen functional groups attached to an aromatic ring is 1. The van der Waals surface area contributed by atoms with Gasteiger partial charge in [-0.05, 0) is 36.6 Å². The first kappa shape index (κ1) is 19.7. The molecule has 3 rings (SSSR count). The van der Waals surface area contributed by atoms with Crippen molar-refractivity contribution in [2.45, 2.75) is 19.0 Å². The van der Waals surface area contributed by atoms with Crippen LogP contribution in [0.3, 0.4) is 0 Å². The fourth-order valence-corrected chi connectivity index (χ4v) is 3.24. The van der Waals surface area contributed by atoms with Crippen molar-refractivity contribution >= 4 is 18.2 Å². The molecule has 1 fully saturated rings. The summed E-state index contributed by atoms with van der Waals surface area (Å²) in [6.07, 6.45) is 0.965. The molecule has 1 aromatic heterocycles. The molecule has 2 heterocycles. The Hall–Kier alpha value is -1.66. The number of hydrogen-bond acceptors (Lipinski definition) is 5. The number of rotatable bonds is 8. The van der Waals surface area contributed by atoms with Gasteiger partial charge in [-0.1, -0.05) is 36.4 Å². The molecular weight excluding hydrogens is 334 g/mol. The van der Waals surface area contributed by atoms with Crippen LogP contribution in [0.5, 0.6) is 0 Å². The number of nitrogens with two attached hydrogens (primary N) is 1. The maximum absolute atomic E-state index is 5.78. The Kier molecular flexibility index (Phi) is 8.15. The first-order chi connectivity index (χ1) is 11.8. The van der Waals surface area contributed by atoms with Gasteiger partial charge in [0.25, 0.3) is 0 Å². The van der Waals surface area contributed by atoms with Gasteiger partial charge in [0.15, 0.2) is 0 Å². The smallest absolute Gasteiger partial charge is 0.123 e. The van der Waals surface area contributed by atoms with Gasteiger partial charge in [-0.15, -0.1) is 12.4 Å². The van der Waals surface area contributed by atoms with E-state index in [0.717, 1.165) is 44.8 Å². The van der Waals surface area contributed by atoms with Crippen LogP contribution < -0.4 is 21.7 Å². The Bertz CT molecular complexity index is 622. The molecule has 25 heavy (non-hydrogen) atoms. The van der Waals surface area contributed by atoms with Gasteiger partial charge in [-0.25, -0.2) is 4.98 Å². The highest BCUT2D eigenvalue weighted by Crippen LogP contribution is 2.15. The maximum Gasteiger partial charge on any atom is 0.123 e. The largest absolute Gasteiger partial charge is 0.384 e. The van der Waals surface area contributed by atoms with Gasteiger partial charge in [0.1, 0.15) is 5.82 Å². The van der Waals surface area contributed by atoms with Crippen LogP contribution >= 0.6 is 12.4 Å². The van der Waals surface area contributed by atoms with Crippen molar-refractivity contribution in [1.82, 2.24) is 20.9 Å². The lowest BCUT2D eigenvalue weighted by atomic mass is 9.97. The third-order valence-electron chi connectivity index (χ3n) is 4.52. The molecule has 2 aromatic rings. The molecule has 0 amide bonds. The second kappa shape index (κ2) is 10.4. The van der Waals surface area contributed by atoms with E-state index in [4.69, 9.17) is 5.73 Å². The van der Waals surface area contributed by atoms with Gasteiger partial charge in [0.2, 0.25) is 0 Å². The van der Waals surface area contributed by atoms with Gasteiger partial charge in [-0.2, -0.15) is 0 Å². The Labute approximate surface area is 156 Å². The van der Waals surface area contributed by atoms with Crippen LogP contribution in [0.15, 0.2) is 48.5 Å². The van der Waals surface area contributed by atoms with Crippen molar-refractivity contribution in [2.75, 3.05) is 31.9 Å². The molecule has 0 spiro atoms. The summed E-state index contributed by atoms with van der Waals surface area (Å²) in [5.41, 5.74) is 8.18. The van der Waals surface area contributed by atoms with Crippen molar-refractivity contribution in [2.24, 2.45) is 5.92 Å². The minimum atomic E-state index is 0. The van der Waals surface area contributed by atoms with E-state index in [2.05, 4.69) is 51.3 Å². The normalized spacial score (nSPS) is 19.5. The molecule has 2 atom stereocenters. The van der Waals surface area contributed by atoms with Gasteiger partial charge in [0.05, 0.1) is 0 Å². The minimum Gasteiger partial charge on any atom is -0.384 e. The fourth-order valence-electron chi connectivity index (χ4n) is 3.24. The van der Waals surface area contributed by atoms with Gasteiger partial charge < -0.3 is 21.7 Å². The van der Waals surface area contributed by atoms with Crippen LogP contribution in [0.25, 0.3) is 0 Å². The average molecular weight is 362 g/mol. The van der Waals surface area contributed by atoms with Crippen molar-refractivity contribution < 1.29 is 0 Å². The predicted molar refractivity (Wildman–Crippen MR) is 106 cm³/mol. The Morgan fingerprint density at radius 3 is 2.68 bits per heavy atom. The minimum absolute atomic E-state index is 0. The van der Waals surface area contributed by atoms with E-state index in [1.54, 1.807) is 0 Å². The number of halogens is 1. The quantitative estimate of drug-likeness (QED) is 0.537. The molecule has 1 aromatic carbocycles. The zero-order valence-corrected chi connectivity index (χ0v) is 15.3. The van der Waals surface area contributed by atoms with Crippen molar-refractivity contribution in [3.05, 3.63) is 59.8 Å². The van der Waals surface area contributed by atoms with E-state index in [1.165, 1.54) is 5.56 Å². The molecule has 0 aliphatic carbocycles. The van der Waals surface area contributed by atoms with E-state index in [9.17, 15) is 0 Å². The van der Waals surface area contributed by atoms with E-state index in [0.29, 0.717) is 17.8 Å². The molecule has 5 N–H and O–H groups in total. The van der Waals surface area contributed by atoms with Crippen LogP contribution in [-0.2, 0) is 13.0 Å². The van der Waals surface area contributed by atoms with Crippen molar-refractivity contribution in [3.63, 3.8) is 0 Å². The topological polar surface area (TPSA) is 75.0 Å². The molecule has 0 radical (unpaired) electrons. The SMILES string of the molecule is Cl.Nc1cccc(C[C@H]2CNC[C@H]2NCCNCc2ccccc2)n1. The molecule has 6 heteroatoms. The van der Waals surface area contributed by atoms with E-state index in [1.807, 2.05) is 18.2 Å². The van der Waals surface area contributed by atoms with E-state index in [-0.39, 0.29) is 12.4 Å². The lowest BCUT2D eigenvalue weighted by Crippen LogP contribution is -2.40. The number of nitrogens with zero attached hydrogens (tertiary/aromatic N) is 1. The van der Waals surface area contributed by atoms with Crippen LogP contribution in [0.4, 0.5) is 5.82 Å². The molecule has 1 aliphatic heterocycles. The molecule has 0 saturated carbocycles. The number of hydrogen-bond donors (Lipinski definition) is 4. The second-order valence-electron chi connectivity index (χ2n) is 6.40. The summed E-state index contributed by atoms with van der Waals surface area (Å²) in [6, 6.07) is 16.9. The highest BCUT2D eigenvalue weighted by molar-refractivity contribution is 5.85. The first-order valence-corrected chi connectivity index (χ1v) is 8.71. The van der Waals surface area contributed by atoms with E-state index < -0.39 is 0 Å². The summed E-state index contributed by atoms with van der Waals surface area (Å²) in [5, 5.41) is 10.6. The fraction of sp³-hybridized carbons (Fsp3) is 0.421. The van der Waals surface area contributed by atoms with Crippen LogP contribution in [-0.4, -0.2) is 37.2 Å². The molecule has 136 valence electrons. The van der Waals surface area contributed by atoms with Crippen molar-refractivity contribution in [1.29, 1.82) is 0 Å². The van der Waals surface area contributed by atoms with Crippen LogP contribution in [0.1, 0.15) is 11.3 Å². The number of benzene rings is 1. The predicted octanol–water partition coefficient (Wildman–Crippen LogP) is 1.60. The molecule has 0 unspecified atom stereocenters. The molecule has 5 nitrogen and oxygen atoms in total. The summed E-state index contributed by atoms with van der Waals surface area (Å²) in [4.78, 5) is 4.42. The third kappa shape index (κ3) is 6.29. The highest BCUT2D eigenvalue weighted by atomic mass is 35.5. The molecule has 1 aliphatic rings. The van der Waals surface area contributed by atoms with Gasteiger partial charge in [0, 0.05) is 37.9 Å². The Morgan fingerprint density at radius 2 is 1.88 bits per heavy atom. The monoisotopic (exact) mass is 361 g/mol. The average Bonchev–Trinajstić information content (AvgIpc) is 3.03. The summed E-state index contributed by atoms with van der Waals surface area (Å²) in [7, 11) is 0. The summed E-state index contributed by atoms with van der Waals surface area (Å²) in [5.74, 6) is 1.17. The zero-order valence-electron chi connectivity index (χ0n) is 14.4. The highest BCUT2D eigenvalue weighted by Gasteiger charge is 2.26. The van der Waals surface area contributed by atoms with Crippen LogP contribution in [0.2, 0.25) is 0 Å². The van der Waals surface area contributed by atoms with Gasteiger partial charge >= 0.3 is 0 Å². The van der Waals surface area contributed by atoms with Crippen molar-refractivity contribution in [3.8, 4) is 0 Å². The summed E-state index contributed by atoms with van der Waals surface area (Å²) >= 11 is 0. The first-order valence-electron chi connectivity index (χ1n) is 8.71. The van der Waals surface area contributed by atoms with Gasteiger partial charge in [-0.3, -0.25) is 0 Å². The lowest BCUT2D eigenvalue weighted by molar-refractivity contribution is 0.419. The Morgan fingerprint density at radius 1 is 1.04 bits per heavy atom. The Balaban J connectivity index is 0.00000225. The molecule has 1 saturated heterocycles. The molecule has 0 bridgehead atoms. The zero-order chi connectivity index (χ0) is 16.6. The standard InChI is InChI=1S/C19H27N5.ClH/c20-19-8-4-7-17(24-19)11-16-13-22-14-18(16)23-10-9-21-12-15-5-2-1-3-6-15;/h1-8,16,18,21-23H,9-14H2,(H2,20,24);1H/t16-,18+;/m0./s1. The van der Waals surface area contributed by atoms with Crippen LogP contribution in [0, 0.1) is 5.92 Å². The number of anilines is 1. The van der Waals surface area contributed by atoms with E-state index >= 15 is 0 Å². The maximum atomic E-state index is 5.78. The second-order valence-corrected chi connectivity index (χ2v) is 6.40. The number of nitrogens with one attached hydrogen (secondary N) is 3. The number of aromatic nitrogens is 1. The lowest BCUT2D eigenvalue weighted by Gasteiger charge is -2.20.